The number of benzene rings is 1. The van der Waals surface area contributed by atoms with E-state index in [2.05, 4.69) is 29.1 Å². The van der Waals surface area contributed by atoms with E-state index in [-0.39, 0.29) is 5.82 Å². The molecular formula is C15H24FN3. The maximum absolute atomic E-state index is 13.9. The number of hydrogen-bond donors (Lipinski definition) is 1. The van der Waals surface area contributed by atoms with Crippen molar-refractivity contribution in [2.24, 2.45) is 0 Å². The smallest absolute Gasteiger partial charge is 0.127 e. The van der Waals surface area contributed by atoms with Crippen LogP contribution in [0.5, 0.6) is 0 Å². The fourth-order valence-electron chi connectivity index (χ4n) is 2.38. The monoisotopic (exact) mass is 265 g/mol. The van der Waals surface area contributed by atoms with E-state index in [1.54, 1.807) is 6.07 Å². The van der Waals surface area contributed by atoms with E-state index in [9.17, 15) is 4.39 Å². The molecule has 0 bridgehead atoms. The van der Waals surface area contributed by atoms with Crippen LogP contribution < -0.4 is 5.32 Å². The van der Waals surface area contributed by atoms with Crippen molar-refractivity contribution in [1.29, 1.82) is 0 Å². The summed E-state index contributed by atoms with van der Waals surface area (Å²) in [5.41, 5.74) is 1.98. The molecule has 0 aromatic heterocycles. The number of nitrogens with zero attached hydrogens (tertiary/aromatic N) is 2. The van der Waals surface area contributed by atoms with Crippen molar-refractivity contribution in [3.63, 3.8) is 0 Å². The normalized spacial score (nSPS) is 17.8. The molecule has 0 spiro atoms. The molecule has 0 unspecified atom stereocenters. The summed E-state index contributed by atoms with van der Waals surface area (Å²) in [4.78, 5) is 4.64. The van der Waals surface area contributed by atoms with Crippen molar-refractivity contribution in [2.75, 3.05) is 39.8 Å². The minimum Gasteiger partial charge on any atom is -0.313 e. The fourth-order valence-corrected chi connectivity index (χ4v) is 2.38. The van der Waals surface area contributed by atoms with E-state index >= 15 is 0 Å². The number of halogens is 1. The minimum atomic E-state index is -0.0841. The molecule has 0 saturated carbocycles. The molecule has 1 heterocycles. The Morgan fingerprint density at radius 2 is 1.95 bits per heavy atom. The standard InChI is InChI=1S/C15H24FN3/c1-3-17-11-13-4-5-15(16)14(10-13)12-19-8-6-18(2)7-9-19/h4-5,10,17H,3,6-9,11-12H2,1-2H3. The Morgan fingerprint density at radius 3 is 2.63 bits per heavy atom. The molecular weight excluding hydrogens is 241 g/mol. The quantitative estimate of drug-likeness (QED) is 0.874. The van der Waals surface area contributed by atoms with Crippen molar-refractivity contribution in [3.8, 4) is 0 Å². The van der Waals surface area contributed by atoms with Crippen LogP contribution >= 0.6 is 0 Å². The summed E-state index contributed by atoms with van der Waals surface area (Å²) in [6, 6.07) is 5.46. The predicted octanol–water partition coefficient (Wildman–Crippen LogP) is 1.68. The van der Waals surface area contributed by atoms with Crippen molar-refractivity contribution in [2.45, 2.75) is 20.0 Å². The third kappa shape index (κ3) is 4.27. The Labute approximate surface area is 115 Å². The molecule has 4 heteroatoms. The molecule has 1 aromatic carbocycles. The summed E-state index contributed by atoms with van der Waals surface area (Å²) in [6.45, 7) is 8.73. The van der Waals surface area contributed by atoms with Gasteiger partial charge in [0, 0.05) is 44.8 Å². The molecule has 1 aliphatic heterocycles. The first-order chi connectivity index (χ1) is 9.19. The largest absolute Gasteiger partial charge is 0.313 e. The average molecular weight is 265 g/mol. The van der Waals surface area contributed by atoms with E-state index in [1.165, 1.54) is 0 Å². The Morgan fingerprint density at radius 1 is 1.21 bits per heavy atom. The fraction of sp³-hybridized carbons (Fsp3) is 0.600. The van der Waals surface area contributed by atoms with Crippen LogP contribution in [0.1, 0.15) is 18.1 Å². The lowest BCUT2D eigenvalue weighted by molar-refractivity contribution is 0.147. The van der Waals surface area contributed by atoms with Gasteiger partial charge in [-0.2, -0.15) is 0 Å². The zero-order chi connectivity index (χ0) is 13.7. The van der Waals surface area contributed by atoms with Crippen LogP contribution in [0.2, 0.25) is 0 Å². The first kappa shape index (κ1) is 14.4. The molecule has 19 heavy (non-hydrogen) atoms. The molecule has 3 nitrogen and oxygen atoms in total. The summed E-state index contributed by atoms with van der Waals surface area (Å²) in [5.74, 6) is -0.0841. The van der Waals surface area contributed by atoms with Gasteiger partial charge in [-0.15, -0.1) is 0 Å². The summed E-state index contributed by atoms with van der Waals surface area (Å²) in [7, 11) is 2.13. The van der Waals surface area contributed by atoms with Crippen LogP contribution in [-0.4, -0.2) is 49.6 Å². The van der Waals surface area contributed by atoms with Crippen molar-refractivity contribution in [3.05, 3.63) is 35.1 Å². The van der Waals surface area contributed by atoms with Crippen LogP contribution in [0.25, 0.3) is 0 Å². The van der Waals surface area contributed by atoms with Gasteiger partial charge in [-0.1, -0.05) is 19.1 Å². The Kier molecular flexibility index (Phi) is 5.31. The lowest BCUT2D eigenvalue weighted by Crippen LogP contribution is -2.44. The molecule has 0 amide bonds. The molecule has 106 valence electrons. The van der Waals surface area contributed by atoms with Gasteiger partial charge in [0.1, 0.15) is 5.82 Å². The molecule has 2 rings (SSSR count). The molecule has 1 N–H and O–H groups in total. The molecule has 1 aromatic rings. The van der Waals surface area contributed by atoms with E-state index in [4.69, 9.17) is 0 Å². The summed E-state index contributed by atoms with van der Waals surface area (Å²) >= 11 is 0. The topological polar surface area (TPSA) is 18.5 Å². The van der Waals surface area contributed by atoms with Gasteiger partial charge in [-0.25, -0.2) is 4.39 Å². The molecule has 0 atom stereocenters. The van der Waals surface area contributed by atoms with Crippen molar-refractivity contribution in [1.82, 2.24) is 15.1 Å². The summed E-state index contributed by atoms with van der Waals surface area (Å²) in [5, 5.41) is 3.28. The first-order valence-corrected chi connectivity index (χ1v) is 7.08. The van der Waals surface area contributed by atoms with Crippen molar-refractivity contribution < 1.29 is 4.39 Å². The van der Waals surface area contributed by atoms with E-state index < -0.39 is 0 Å². The lowest BCUT2D eigenvalue weighted by Gasteiger charge is -2.32. The summed E-state index contributed by atoms with van der Waals surface area (Å²) in [6.07, 6.45) is 0. The number of piperazine rings is 1. The Balaban J connectivity index is 1.98. The number of nitrogens with one attached hydrogen (secondary N) is 1. The maximum atomic E-state index is 13.9. The van der Waals surface area contributed by atoms with E-state index in [1.807, 2.05) is 12.1 Å². The SMILES string of the molecule is CCNCc1ccc(F)c(CN2CCN(C)CC2)c1. The average Bonchev–Trinajstić information content (AvgIpc) is 2.42. The highest BCUT2D eigenvalue weighted by atomic mass is 19.1. The minimum absolute atomic E-state index is 0.0841. The predicted molar refractivity (Wildman–Crippen MR) is 76.6 cm³/mol. The van der Waals surface area contributed by atoms with E-state index in [0.29, 0.717) is 0 Å². The Bertz CT molecular complexity index is 400. The number of likely N-dealkylation sites (N-methyl/N-ethyl adjacent to an activating group) is 1. The van der Waals surface area contributed by atoms with Gasteiger partial charge in [-0.05, 0) is 25.2 Å². The van der Waals surface area contributed by atoms with Gasteiger partial charge in [0.25, 0.3) is 0 Å². The molecule has 0 radical (unpaired) electrons. The second-order valence-corrected chi connectivity index (χ2v) is 5.29. The van der Waals surface area contributed by atoms with Crippen LogP contribution in [0.3, 0.4) is 0 Å². The highest BCUT2D eigenvalue weighted by Gasteiger charge is 2.15. The summed E-state index contributed by atoms with van der Waals surface area (Å²) < 4.78 is 13.9. The van der Waals surface area contributed by atoms with E-state index in [0.717, 1.165) is 56.9 Å². The van der Waals surface area contributed by atoms with Gasteiger partial charge in [0.2, 0.25) is 0 Å². The van der Waals surface area contributed by atoms with Gasteiger partial charge >= 0.3 is 0 Å². The third-order valence-electron chi connectivity index (χ3n) is 3.68. The molecule has 1 fully saturated rings. The highest BCUT2D eigenvalue weighted by molar-refractivity contribution is 5.25. The number of hydrogen-bond acceptors (Lipinski definition) is 3. The zero-order valence-corrected chi connectivity index (χ0v) is 12.0. The van der Waals surface area contributed by atoms with Crippen LogP contribution in [-0.2, 0) is 13.1 Å². The molecule has 1 saturated heterocycles. The van der Waals surface area contributed by atoms with Crippen molar-refractivity contribution >= 4 is 0 Å². The van der Waals surface area contributed by atoms with Gasteiger partial charge in [0.05, 0.1) is 0 Å². The van der Waals surface area contributed by atoms with Crippen LogP contribution in [0.15, 0.2) is 18.2 Å². The van der Waals surface area contributed by atoms with Crippen LogP contribution in [0, 0.1) is 5.82 Å². The highest BCUT2D eigenvalue weighted by Crippen LogP contribution is 2.14. The second kappa shape index (κ2) is 6.98. The molecule has 1 aliphatic rings. The second-order valence-electron chi connectivity index (χ2n) is 5.29. The van der Waals surface area contributed by atoms with Gasteiger partial charge < -0.3 is 10.2 Å². The van der Waals surface area contributed by atoms with Gasteiger partial charge in [-0.3, -0.25) is 4.90 Å². The zero-order valence-electron chi connectivity index (χ0n) is 12.0. The van der Waals surface area contributed by atoms with Crippen LogP contribution in [0.4, 0.5) is 4.39 Å². The first-order valence-electron chi connectivity index (χ1n) is 7.08. The maximum Gasteiger partial charge on any atom is 0.127 e. The molecule has 0 aliphatic carbocycles. The number of rotatable bonds is 5. The third-order valence-corrected chi connectivity index (χ3v) is 3.68. The Hall–Kier alpha value is -0.970. The lowest BCUT2D eigenvalue weighted by atomic mass is 10.1. The van der Waals surface area contributed by atoms with Gasteiger partial charge in [0.15, 0.2) is 0 Å².